The topological polar surface area (TPSA) is 42.2 Å². The molecule has 0 amide bonds. The van der Waals surface area contributed by atoms with Crippen molar-refractivity contribution in [2.24, 2.45) is 0 Å². The normalized spacial score (nSPS) is 11.6. The lowest BCUT2D eigenvalue weighted by atomic mass is 10.2. The Kier molecular flexibility index (Phi) is 3.40. The van der Waals surface area contributed by atoms with Gasteiger partial charge in [0.05, 0.1) is 5.56 Å². The lowest BCUT2D eigenvalue weighted by Crippen LogP contribution is -2.09. The molecule has 0 aliphatic heterocycles. The first-order chi connectivity index (χ1) is 8.80. The van der Waals surface area contributed by atoms with Crippen molar-refractivity contribution >= 4 is 21.9 Å². The largest absolute Gasteiger partial charge is 0.477 e. The Balaban J connectivity index is 2.58. The van der Waals surface area contributed by atoms with Crippen LogP contribution in [0.15, 0.2) is 41.0 Å². The summed E-state index contributed by atoms with van der Waals surface area (Å²) >= 11 is 2.83. The predicted molar refractivity (Wildman–Crippen MR) is 65.4 cm³/mol. The molecule has 100 valence electrons. The third-order valence-corrected chi connectivity index (χ3v) is 3.19. The monoisotopic (exact) mass is 333 g/mol. The maximum absolute atomic E-state index is 12.8. The van der Waals surface area contributed by atoms with Crippen molar-refractivity contribution in [1.29, 1.82) is 0 Å². The molecule has 0 bridgehead atoms. The molecule has 0 saturated carbocycles. The Morgan fingerprint density at radius 3 is 2.53 bits per heavy atom. The Hall–Kier alpha value is -1.76. The van der Waals surface area contributed by atoms with Gasteiger partial charge in [-0.3, -0.25) is 0 Å². The number of carbonyl (C=O) groups is 1. The van der Waals surface area contributed by atoms with Crippen molar-refractivity contribution in [3.8, 4) is 5.69 Å². The second-order valence-corrected chi connectivity index (χ2v) is 4.58. The van der Waals surface area contributed by atoms with E-state index in [-0.39, 0.29) is 15.9 Å². The third kappa shape index (κ3) is 2.65. The standard InChI is InChI=1S/C12H7BrF3NO2/c13-9-4-3-7(6-8(9)12(14,15)16)17-5-1-2-10(17)11(18)19/h1-6H,(H,18,19). The summed E-state index contributed by atoms with van der Waals surface area (Å²) in [6.07, 6.45) is -3.11. The fraction of sp³-hybridized carbons (Fsp3) is 0.0833. The summed E-state index contributed by atoms with van der Waals surface area (Å²) in [6.45, 7) is 0. The molecule has 1 aromatic heterocycles. The highest BCUT2D eigenvalue weighted by Gasteiger charge is 2.33. The van der Waals surface area contributed by atoms with Crippen LogP contribution >= 0.6 is 15.9 Å². The molecular weight excluding hydrogens is 327 g/mol. The summed E-state index contributed by atoms with van der Waals surface area (Å²) < 4.78 is 39.4. The highest BCUT2D eigenvalue weighted by molar-refractivity contribution is 9.10. The van der Waals surface area contributed by atoms with E-state index in [0.29, 0.717) is 0 Å². The number of hydrogen-bond donors (Lipinski definition) is 1. The van der Waals surface area contributed by atoms with Crippen LogP contribution in [-0.4, -0.2) is 15.6 Å². The summed E-state index contributed by atoms with van der Waals surface area (Å²) in [6, 6.07) is 6.32. The second kappa shape index (κ2) is 4.73. The zero-order valence-corrected chi connectivity index (χ0v) is 10.9. The number of alkyl halides is 3. The molecule has 0 aliphatic carbocycles. The fourth-order valence-corrected chi connectivity index (χ4v) is 2.13. The van der Waals surface area contributed by atoms with Crippen LogP contribution in [0.25, 0.3) is 5.69 Å². The third-order valence-electron chi connectivity index (χ3n) is 2.50. The van der Waals surface area contributed by atoms with Crippen LogP contribution < -0.4 is 0 Å². The molecule has 3 nitrogen and oxygen atoms in total. The number of rotatable bonds is 2. The number of aromatic carboxylic acids is 1. The van der Waals surface area contributed by atoms with Crippen LogP contribution in [0.5, 0.6) is 0 Å². The molecule has 0 aliphatic rings. The number of carboxylic acid groups (broad SMARTS) is 1. The van der Waals surface area contributed by atoms with Crippen molar-refractivity contribution in [2.45, 2.75) is 6.18 Å². The number of halogens is 4. The van der Waals surface area contributed by atoms with Crippen molar-refractivity contribution in [3.05, 3.63) is 52.3 Å². The molecule has 0 saturated heterocycles. The highest BCUT2D eigenvalue weighted by Crippen LogP contribution is 2.36. The van der Waals surface area contributed by atoms with E-state index in [1.807, 2.05) is 0 Å². The van der Waals surface area contributed by atoms with Gasteiger partial charge in [0.1, 0.15) is 5.69 Å². The van der Waals surface area contributed by atoms with Crippen LogP contribution in [0, 0.1) is 0 Å². The van der Waals surface area contributed by atoms with Crippen molar-refractivity contribution in [2.75, 3.05) is 0 Å². The molecule has 19 heavy (non-hydrogen) atoms. The number of benzene rings is 1. The minimum atomic E-state index is -4.51. The first kappa shape index (κ1) is 13.7. The molecule has 1 heterocycles. The molecule has 2 rings (SSSR count). The van der Waals surface area contributed by atoms with Gasteiger partial charge in [0.15, 0.2) is 0 Å². The number of aromatic nitrogens is 1. The van der Waals surface area contributed by atoms with Crippen LogP contribution in [0.3, 0.4) is 0 Å². The minimum absolute atomic E-state index is 0.0900. The average Bonchev–Trinajstić information content (AvgIpc) is 2.77. The van der Waals surface area contributed by atoms with E-state index < -0.39 is 17.7 Å². The van der Waals surface area contributed by atoms with E-state index in [9.17, 15) is 18.0 Å². The first-order valence-electron chi connectivity index (χ1n) is 5.08. The van der Waals surface area contributed by atoms with Gasteiger partial charge < -0.3 is 9.67 Å². The minimum Gasteiger partial charge on any atom is -0.477 e. The van der Waals surface area contributed by atoms with Crippen LogP contribution in [0.2, 0.25) is 0 Å². The molecule has 7 heteroatoms. The molecule has 0 radical (unpaired) electrons. The molecule has 1 N–H and O–H groups in total. The summed E-state index contributed by atoms with van der Waals surface area (Å²) in [4.78, 5) is 11.0. The number of hydrogen-bond acceptors (Lipinski definition) is 1. The van der Waals surface area contributed by atoms with E-state index in [2.05, 4.69) is 15.9 Å². The van der Waals surface area contributed by atoms with Crippen molar-refractivity contribution in [1.82, 2.24) is 4.57 Å². The van der Waals surface area contributed by atoms with Gasteiger partial charge in [0.25, 0.3) is 0 Å². The predicted octanol–water partition coefficient (Wildman–Crippen LogP) is 3.96. The Morgan fingerprint density at radius 1 is 1.26 bits per heavy atom. The van der Waals surface area contributed by atoms with Gasteiger partial charge in [-0.05, 0) is 30.3 Å². The first-order valence-corrected chi connectivity index (χ1v) is 5.88. The van der Waals surface area contributed by atoms with Crippen LogP contribution in [0.1, 0.15) is 16.1 Å². The zero-order chi connectivity index (χ0) is 14.2. The quantitative estimate of drug-likeness (QED) is 0.903. The lowest BCUT2D eigenvalue weighted by Gasteiger charge is -2.12. The number of nitrogens with zero attached hydrogens (tertiary/aromatic N) is 1. The van der Waals surface area contributed by atoms with Gasteiger partial charge in [-0.1, -0.05) is 15.9 Å². The SMILES string of the molecule is O=C(O)c1cccn1-c1ccc(Br)c(C(F)(F)F)c1. The fourth-order valence-electron chi connectivity index (χ4n) is 1.66. The van der Waals surface area contributed by atoms with Crippen molar-refractivity contribution in [3.63, 3.8) is 0 Å². The average molecular weight is 334 g/mol. The van der Waals surface area contributed by atoms with Gasteiger partial charge in [-0.15, -0.1) is 0 Å². The second-order valence-electron chi connectivity index (χ2n) is 3.73. The Morgan fingerprint density at radius 2 is 1.95 bits per heavy atom. The Labute approximate surface area is 114 Å². The van der Waals surface area contributed by atoms with E-state index in [4.69, 9.17) is 5.11 Å². The highest BCUT2D eigenvalue weighted by atomic mass is 79.9. The van der Waals surface area contributed by atoms with Gasteiger partial charge >= 0.3 is 12.1 Å². The van der Waals surface area contributed by atoms with E-state index in [1.165, 1.54) is 35.0 Å². The number of carboxylic acids is 1. The summed E-state index contributed by atoms with van der Waals surface area (Å²) in [5, 5.41) is 8.95. The molecule has 0 unspecified atom stereocenters. The maximum atomic E-state index is 12.8. The molecular formula is C12H7BrF3NO2. The van der Waals surface area contributed by atoms with Gasteiger partial charge in [-0.25, -0.2) is 4.79 Å². The van der Waals surface area contributed by atoms with Crippen LogP contribution in [0.4, 0.5) is 13.2 Å². The Bertz CT molecular complexity index is 634. The smallest absolute Gasteiger partial charge is 0.417 e. The summed E-state index contributed by atoms with van der Waals surface area (Å²) in [7, 11) is 0. The van der Waals surface area contributed by atoms with Gasteiger partial charge in [0.2, 0.25) is 0 Å². The summed E-state index contributed by atoms with van der Waals surface area (Å²) in [5.41, 5.74) is -0.816. The lowest BCUT2D eigenvalue weighted by molar-refractivity contribution is -0.138. The molecule has 1 aromatic carbocycles. The van der Waals surface area contributed by atoms with Gasteiger partial charge in [-0.2, -0.15) is 13.2 Å². The van der Waals surface area contributed by atoms with Gasteiger partial charge in [0, 0.05) is 16.4 Å². The maximum Gasteiger partial charge on any atom is 0.417 e. The molecule has 2 aromatic rings. The van der Waals surface area contributed by atoms with E-state index >= 15 is 0 Å². The van der Waals surface area contributed by atoms with Crippen LogP contribution in [-0.2, 0) is 6.18 Å². The molecule has 0 fully saturated rings. The molecule has 0 atom stereocenters. The molecule has 0 spiro atoms. The summed E-state index contributed by atoms with van der Waals surface area (Å²) in [5.74, 6) is -1.21. The zero-order valence-electron chi connectivity index (χ0n) is 9.28. The van der Waals surface area contributed by atoms with E-state index in [0.717, 1.165) is 6.07 Å². The van der Waals surface area contributed by atoms with E-state index in [1.54, 1.807) is 0 Å². The van der Waals surface area contributed by atoms with Crippen molar-refractivity contribution < 1.29 is 23.1 Å².